The van der Waals surface area contributed by atoms with Gasteiger partial charge in [-0.2, -0.15) is 0 Å². The van der Waals surface area contributed by atoms with Crippen molar-refractivity contribution in [3.05, 3.63) is 174 Å². The van der Waals surface area contributed by atoms with Crippen molar-refractivity contribution in [2.45, 2.75) is 32.1 Å². The van der Waals surface area contributed by atoms with Crippen molar-refractivity contribution in [3.63, 3.8) is 0 Å². The quantitative estimate of drug-likeness (QED) is 0.171. The van der Waals surface area contributed by atoms with Gasteiger partial charge in [-0.25, -0.2) is 0 Å². The third-order valence-electron chi connectivity index (χ3n) is 12.5. The third kappa shape index (κ3) is 4.37. The molecule has 10 aromatic rings. The SMILES string of the molecule is CC1(C)c2ccccc2-c2cc3oc4ccc(-c5c6ccccc6c(-c6ccc7c8c(oc7c6)CCC=C8)c6ccc(-c7ccccc7)cc56)cc4c3cc21. The maximum absolute atomic E-state index is 6.63. The van der Waals surface area contributed by atoms with Gasteiger partial charge in [0.25, 0.3) is 0 Å². The maximum atomic E-state index is 6.63. The molecule has 260 valence electrons. The topological polar surface area (TPSA) is 26.3 Å². The van der Waals surface area contributed by atoms with Crippen molar-refractivity contribution >= 4 is 60.5 Å². The van der Waals surface area contributed by atoms with E-state index in [-0.39, 0.29) is 5.41 Å². The van der Waals surface area contributed by atoms with E-state index in [1.54, 1.807) is 0 Å². The van der Waals surface area contributed by atoms with Gasteiger partial charge in [0.2, 0.25) is 0 Å². The van der Waals surface area contributed by atoms with Crippen molar-refractivity contribution in [1.29, 1.82) is 0 Å². The highest BCUT2D eigenvalue weighted by Gasteiger charge is 2.36. The van der Waals surface area contributed by atoms with E-state index in [1.165, 1.54) is 82.6 Å². The van der Waals surface area contributed by atoms with Crippen molar-refractivity contribution in [2.24, 2.45) is 0 Å². The Labute approximate surface area is 319 Å². The summed E-state index contributed by atoms with van der Waals surface area (Å²) in [5.41, 5.74) is 16.4. The second kappa shape index (κ2) is 11.2. The molecule has 0 fully saturated rings. The molecule has 0 unspecified atom stereocenters. The highest BCUT2D eigenvalue weighted by atomic mass is 16.3. The molecule has 0 saturated heterocycles. The molecular weight excluding hydrogens is 669 g/mol. The van der Waals surface area contributed by atoms with Crippen LogP contribution in [0, 0.1) is 0 Å². The van der Waals surface area contributed by atoms with Crippen LogP contribution in [0.15, 0.2) is 161 Å². The number of furan rings is 2. The summed E-state index contributed by atoms with van der Waals surface area (Å²) < 4.78 is 13.1. The second-order valence-electron chi connectivity index (χ2n) is 15.9. The van der Waals surface area contributed by atoms with E-state index in [9.17, 15) is 0 Å². The fraction of sp³-hybridized carbons (Fsp3) is 0.0943. The van der Waals surface area contributed by atoms with E-state index in [0.717, 1.165) is 51.7 Å². The van der Waals surface area contributed by atoms with Crippen molar-refractivity contribution in [3.8, 4) is 44.5 Å². The van der Waals surface area contributed by atoms with Gasteiger partial charge in [0, 0.05) is 33.6 Å². The van der Waals surface area contributed by atoms with Gasteiger partial charge in [-0.1, -0.05) is 129 Å². The molecule has 2 heterocycles. The Morgan fingerprint density at radius 2 is 1.09 bits per heavy atom. The van der Waals surface area contributed by atoms with E-state index in [4.69, 9.17) is 8.83 Å². The van der Waals surface area contributed by atoms with Crippen LogP contribution in [0.25, 0.3) is 105 Å². The largest absolute Gasteiger partial charge is 0.460 e. The highest BCUT2D eigenvalue weighted by molar-refractivity contribution is 6.23. The minimum absolute atomic E-state index is 0.0912. The van der Waals surface area contributed by atoms with Gasteiger partial charge in [-0.3, -0.25) is 0 Å². The van der Waals surface area contributed by atoms with Gasteiger partial charge in [-0.05, 0) is 126 Å². The predicted octanol–water partition coefficient (Wildman–Crippen LogP) is 14.9. The molecule has 0 aliphatic heterocycles. The number of aryl methyl sites for hydroxylation is 1. The van der Waals surface area contributed by atoms with Crippen LogP contribution < -0.4 is 0 Å². The van der Waals surface area contributed by atoms with E-state index >= 15 is 0 Å². The number of allylic oxidation sites excluding steroid dienone is 1. The normalized spacial score (nSPS) is 14.3. The summed E-state index contributed by atoms with van der Waals surface area (Å²) in [6, 6.07) is 53.7. The Morgan fingerprint density at radius 1 is 0.436 bits per heavy atom. The summed E-state index contributed by atoms with van der Waals surface area (Å²) in [6.07, 6.45) is 6.45. The lowest BCUT2D eigenvalue weighted by Gasteiger charge is -2.21. The second-order valence-corrected chi connectivity index (χ2v) is 15.9. The molecule has 2 aliphatic rings. The molecule has 0 N–H and O–H groups in total. The van der Waals surface area contributed by atoms with Crippen LogP contribution in [-0.2, 0) is 11.8 Å². The Morgan fingerprint density at radius 3 is 1.96 bits per heavy atom. The summed E-state index contributed by atoms with van der Waals surface area (Å²) in [4.78, 5) is 0. The standard InChI is InChI=1S/C53H36O2/c1-53(2)45-18-10-8-14-35(45)41-30-50-43(29-46(41)53)42-27-33(22-25-48(42)55-50)52-39-17-7-6-16-38(39)51(40-24-20-32(26-44(40)52)31-12-4-3-5-13-31)34-21-23-37-36-15-9-11-19-47(36)54-49(37)28-34/h3-10,12-18,20-30H,11,19H2,1-2H3. The lowest BCUT2D eigenvalue weighted by molar-refractivity contribution is 0.546. The Balaban J connectivity index is 1.13. The molecule has 0 radical (unpaired) electrons. The molecule has 0 spiro atoms. The molecule has 8 aromatic carbocycles. The van der Waals surface area contributed by atoms with Crippen molar-refractivity contribution in [1.82, 2.24) is 0 Å². The highest BCUT2D eigenvalue weighted by Crippen LogP contribution is 2.52. The van der Waals surface area contributed by atoms with E-state index in [1.807, 2.05) is 0 Å². The summed E-state index contributed by atoms with van der Waals surface area (Å²) in [7, 11) is 0. The molecule has 0 amide bonds. The summed E-state index contributed by atoms with van der Waals surface area (Å²) >= 11 is 0. The van der Waals surface area contributed by atoms with Crippen LogP contribution in [0.3, 0.4) is 0 Å². The minimum atomic E-state index is -0.0912. The number of hydrogen-bond donors (Lipinski definition) is 0. The van der Waals surface area contributed by atoms with Crippen LogP contribution in [-0.4, -0.2) is 0 Å². The maximum Gasteiger partial charge on any atom is 0.136 e. The molecule has 0 atom stereocenters. The van der Waals surface area contributed by atoms with Gasteiger partial charge in [0.1, 0.15) is 22.5 Å². The lowest BCUT2D eigenvalue weighted by atomic mass is 9.82. The van der Waals surface area contributed by atoms with Crippen molar-refractivity contribution in [2.75, 3.05) is 0 Å². The third-order valence-corrected chi connectivity index (χ3v) is 12.5. The van der Waals surface area contributed by atoms with Crippen LogP contribution in [0.1, 0.15) is 42.7 Å². The van der Waals surface area contributed by atoms with Gasteiger partial charge < -0.3 is 8.83 Å². The molecule has 12 rings (SSSR count). The first kappa shape index (κ1) is 30.8. The molecule has 2 heteroatoms. The fourth-order valence-corrected chi connectivity index (χ4v) is 9.84. The van der Waals surface area contributed by atoms with Crippen LogP contribution in [0.4, 0.5) is 0 Å². The zero-order valence-electron chi connectivity index (χ0n) is 30.7. The molecule has 0 bridgehead atoms. The minimum Gasteiger partial charge on any atom is -0.460 e. The molecular formula is C53H36O2. The average molecular weight is 705 g/mol. The summed E-state index contributed by atoms with van der Waals surface area (Å²) in [5.74, 6) is 1.09. The van der Waals surface area contributed by atoms with E-state index in [2.05, 4.69) is 172 Å². The molecule has 2 aromatic heterocycles. The van der Waals surface area contributed by atoms with Gasteiger partial charge in [-0.15, -0.1) is 0 Å². The first-order valence-electron chi connectivity index (χ1n) is 19.4. The molecule has 55 heavy (non-hydrogen) atoms. The monoisotopic (exact) mass is 704 g/mol. The number of benzene rings is 8. The number of hydrogen-bond acceptors (Lipinski definition) is 2. The molecule has 2 nitrogen and oxygen atoms in total. The number of rotatable bonds is 3. The van der Waals surface area contributed by atoms with Crippen LogP contribution in [0.5, 0.6) is 0 Å². The van der Waals surface area contributed by atoms with Gasteiger partial charge >= 0.3 is 0 Å². The van der Waals surface area contributed by atoms with Crippen LogP contribution >= 0.6 is 0 Å². The fourth-order valence-electron chi connectivity index (χ4n) is 9.84. The van der Waals surface area contributed by atoms with Gasteiger partial charge in [0.15, 0.2) is 0 Å². The molecule has 2 aliphatic carbocycles. The van der Waals surface area contributed by atoms with E-state index in [0.29, 0.717) is 0 Å². The predicted molar refractivity (Wildman–Crippen MR) is 230 cm³/mol. The Bertz CT molecular complexity index is 3280. The average Bonchev–Trinajstić information content (AvgIpc) is 3.85. The zero-order valence-corrected chi connectivity index (χ0v) is 30.7. The summed E-state index contributed by atoms with van der Waals surface area (Å²) in [5, 5.41) is 8.38. The van der Waals surface area contributed by atoms with Crippen LogP contribution in [0.2, 0.25) is 0 Å². The zero-order chi connectivity index (χ0) is 36.4. The first-order valence-corrected chi connectivity index (χ1v) is 19.4. The number of fused-ring (bicyclic) bond motifs is 11. The Hall–Kier alpha value is -6.64. The lowest BCUT2D eigenvalue weighted by Crippen LogP contribution is -2.14. The van der Waals surface area contributed by atoms with Crippen molar-refractivity contribution < 1.29 is 8.83 Å². The smallest absolute Gasteiger partial charge is 0.136 e. The van der Waals surface area contributed by atoms with Gasteiger partial charge in [0.05, 0.1) is 0 Å². The van der Waals surface area contributed by atoms with E-state index < -0.39 is 0 Å². The first-order chi connectivity index (χ1) is 27.0. The molecule has 0 saturated carbocycles. The Kier molecular flexibility index (Phi) is 6.27. The summed E-state index contributed by atoms with van der Waals surface area (Å²) in [6.45, 7) is 4.69.